The molecule has 4 nitrogen and oxygen atoms in total. The van der Waals surface area contributed by atoms with Crippen molar-refractivity contribution >= 4 is 31.6 Å². The number of nitrogens with zero attached hydrogens (tertiary/aromatic N) is 1. The van der Waals surface area contributed by atoms with Gasteiger partial charge in [-0.1, -0.05) is 12.1 Å². The fourth-order valence-corrected chi connectivity index (χ4v) is 4.50. The van der Waals surface area contributed by atoms with E-state index in [1.165, 1.54) is 10.4 Å². The highest BCUT2D eigenvalue weighted by Crippen LogP contribution is 2.35. The van der Waals surface area contributed by atoms with Crippen molar-refractivity contribution in [2.45, 2.75) is 13.0 Å². The summed E-state index contributed by atoms with van der Waals surface area (Å²) in [6, 6.07) is 10.3. The number of rotatable bonds is 3. The molecule has 0 unspecified atom stereocenters. The molecule has 1 aliphatic heterocycles. The molecule has 0 N–H and O–H groups in total. The molecule has 0 bridgehead atoms. The van der Waals surface area contributed by atoms with E-state index in [0.29, 0.717) is 21.5 Å². The Balaban J connectivity index is 2.01. The molecule has 23 heavy (non-hydrogen) atoms. The van der Waals surface area contributed by atoms with Crippen molar-refractivity contribution in [3.8, 4) is 5.75 Å². The Morgan fingerprint density at radius 2 is 1.91 bits per heavy atom. The Labute approximate surface area is 143 Å². The van der Waals surface area contributed by atoms with Gasteiger partial charge in [0.1, 0.15) is 11.6 Å². The first-order valence-electron chi connectivity index (χ1n) is 7.02. The molecule has 0 aliphatic carbocycles. The minimum atomic E-state index is -3.46. The lowest BCUT2D eigenvalue weighted by molar-refractivity contribution is 0.414. The van der Waals surface area contributed by atoms with Crippen LogP contribution in [0.25, 0.3) is 0 Å². The molecule has 122 valence electrons. The molecule has 0 saturated heterocycles. The minimum absolute atomic E-state index is 0.0937. The average molecular weight is 400 g/mol. The molecule has 0 amide bonds. The monoisotopic (exact) mass is 399 g/mol. The lowest BCUT2D eigenvalue weighted by Crippen LogP contribution is -2.37. The molecule has 0 atom stereocenters. The van der Waals surface area contributed by atoms with Gasteiger partial charge in [0.05, 0.1) is 29.6 Å². The highest BCUT2D eigenvalue weighted by Gasteiger charge is 2.32. The first-order chi connectivity index (χ1) is 10.9. The van der Waals surface area contributed by atoms with Crippen LogP contribution in [0.2, 0.25) is 0 Å². The zero-order valence-corrected chi connectivity index (χ0v) is 14.8. The largest absolute Gasteiger partial charge is 0.497 e. The molecule has 0 radical (unpaired) electrons. The molecule has 0 saturated carbocycles. The number of sulfonamides is 1. The van der Waals surface area contributed by atoms with E-state index < -0.39 is 15.8 Å². The van der Waals surface area contributed by atoms with Crippen molar-refractivity contribution < 1.29 is 17.5 Å². The smallest absolute Gasteiger partial charge is 0.235 e. The summed E-state index contributed by atoms with van der Waals surface area (Å²) in [4.78, 5) is 0. The van der Waals surface area contributed by atoms with Crippen LogP contribution in [-0.4, -0.2) is 21.3 Å². The Hall–Kier alpha value is -1.60. The van der Waals surface area contributed by atoms with Gasteiger partial charge in [-0.05, 0) is 52.2 Å². The van der Waals surface area contributed by atoms with E-state index in [1.807, 2.05) is 0 Å². The number of ether oxygens (including phenoxy) is 1. The standard InChI is InChI=1S/C16H15BrFNO3S/c1-22-12-4-2-11(3-5-12)10-19-15-7-6-14(17)16(18)13(15)8-9-23(19,20)21/h2-7H,8-10H2,1H3. The number of hydrogen-bond donors (Lipinski definition) is 0. The van der Waals surface area contributed by atoms with Crippen molar-refractivity contribution in [2.75, 3.05) is 17.2 Å². The number of hydrogen-bond acceptors (Lipinski definition) is 3. The van der Waals surface area contributed by atoms with Gasteiger partial charge in [0.2, 0.25) is 10.0 Å². The molecule has 7 heteroatoms. The lowest BCUT2D eigenvalue weighted by atomic mass is 10.1. The molecule has 1 aliphatic rings. The molecule has 0 spiro atoms. The van der Waals surface area contributed by atoms with Gasteiger partial charge in [-0.3, -0.25) is 4.31 Å². The summed E-state index contributed by atoms with van der Waals surface area (Å²) < 4.78 is 45.9. The van der Waals surface area contributed by atoms with Crippen molar-refractivity contribution in [1.29, 1.82) is 0 Å². The summed E-state index contributed by atoms with van der Waals surface area (Å²) in [5.41, 5.74) is 1.65. The van der Waals surface area contributed by atoms with Crippen LogP contribution in [-0.2, 0) is 23.0 Å². The second-order valence-electron chi connectivity index (χ2n) is 5.28. The summed E-state index contributed by atoms with van der Waals surface area (Å²) >= 11 is 3.15. The van der Waals surface area contributed by atoms with Crippen molar-refractivity contribution in [1.82, 2.24) is 0 Å². The zero-order chi connectivity index (χ0) is 16.6. The maximum Gasteiger partial charge on any atom is 0.235 e. The predicted octanol–water partition coefficient (Wildman–Crippen LogP) is 3.49. The fraction of sp³-hybridized carbons (Fsp3) is 0.250. The van der Waals surface area contributed by atoms with Crippen LogP contribution in [0.4, 0.5) is 10.1 Å². The number of fused-ring (bicyclic) bond motifs is 1. The summed E-state index contributed by atoms with van der Waals surface area (Å²) in [5.74, 6) is 0.214. The highest BCUT2D eigenvalue weighted by molar-refractivity contribution is 9.10. The van der Waals surface area contributed by atoms with Gasteiger partial charge in [0.15, 0.2) is 0 Å². The van der Waals surface area contributed by atoms with E-state index >= 15 is 0 Å². The Kier molecular flexibility index (Phi) is 4.33. The summed E-state index contributed by atoms with van der Waals surface area (Å²) in [5, 5.41) is 0. The second-order valence-corrected chi connectivity index (χ2v) is 8.15. The summed E-state index contributed by atoms with van der Waals surface area (Å²) in [6.07, 6.45) is 0.183. The number of anilines is 1. The van der Waals surface area contributed by atoms with Gasteiger partial charge in [0, 0.05) is 5.56 Å². The van der Waals surface area contributed by atoms with E-state index in [2.05, 4.69) is 15.9 Å². The van der Waals surface area contributed by atoms with Crippen LogP contribution in [0.3, 0.4) is 0 Å². The summed E-state index contributed by atoms with van der Waals surface area (Å²) in [6.45, 7) is 0.167. The van der Waals surface area contributed by atoms with Gasteiger partial charge < -0.3 is 4.74 Å². The predicted molar refractivity (Wildman–Crippen MR) is 90.8 cm³/mol. The molecule has 2 aromatic carbocycles. The molecule has 0 fully saturated rings. The molecule has 2 aromatic rings. The van der Waals surface area contributed by atoms with Crippen molar-refractivity contribution in [2.24, 2.45) is 0 Å². The van der Waals surface area contributed by atoms with E-state index in [1.54, 1.807) is 37.4 Å². The fourth-order valence-electron chi connectivity index (χ4n) is 2.63. The topological polar surface area (TPSA) is 46.6 Å². The third-order valence-electron chi connectivity index (χ3n) is 3.87. The first kappa shape index (κ1) is 16.3. The van der Waals surface area contributed by atoms with Gasteiger partial charge in [-0.25, -0.2) is 12.8 Å². The van der Waals surface area contributed by atoms with Crippen molar-refractivity contribution in [3.05, 3.63) is 57.8 Å². The number of benzene rings is 2. The van der Waals surface area contributed by atoms with Crippen LogP contribution in [0.5, 0.6) is 5.75 Å². The first-order valence-corrected chi connectivity index (χ1v) is 9.43. The zero-order valence-electron chi connectivity index (χ0n) is 12.4. The average Bonchev–Trinajstić information content (AvgIpc) is 2.54. The minimum Gasteiger partial charge on any atom is -0.497 e. The van der Waals surface area contributed by atoms with E-state index in [4.69, 9.17) is 4.74 Å². The van der Waals surface area contributed by atoms with Gasteiger partial charge in [0.25, 0.3) is 0 Å². The highest BCUT2D eigenvalue weighted by atomic mass is 79.9. The molecular formula is C16H15BrFNO3S. The van der Waals surface area contributed by atoms with Gasteiger partial charge >= 0.3 is 0 Å². The number of methoxy groups -OCH3 is 1. The maximum atomic E-state index is 14.3. The van der Waals surface area contributed by atoms with Gasteiger partial charge in [-0.15, -0.1) is 0 Å². The third-order valence-corrected chi connectivity index (χ3v) is 6.20. The number of halogens is 2. The Morgan fingerprint density at radius 3 is 2.57 bits per heavy atom. The normalized spacial score (nSPS) is 16.0. The Morgan fingerprint density at radius 1 is 1.22 bits per heavy atom. The van der Waals surface area contributed by atoms with Crippen LogP contribution in [0, 0.1) is 5.82 Å². The van der Waals surface area contributed by atoms with Crippen molar-refractivity contribution in [3.63, 3.8) is 0 Å². The Bertz CT molecular complexity index is 837. The van der Waals surface area contributed by atoms with E-state index in [-0.39, 0.29) is 18.7 Å². The van der Waals surface area contributed by atoms with Crippen LogP contribution < -0.4 is 9.04 Å². The quantitative estimate of drug-likeness (QED) is 0.793. The molecule has 3 rings (SSSR count). The summed E-state index contributed by atoms with van der Waals surface area (Å²) in [7, 11) is -1.89. The van der Waals surface area contributed by atoms with Crippen LogP contribution in [0.15, 0.2) is 40.9 Å². The van der Waals surface area contributed by atoms with Gasteiger partial charge in [-0.2, -0.15) is 0 Å². The lowest BCUT2D eigenvalue weighted by Gasteiger charge is -2.31. The second kappa shape index (κ2) is 6.13. The van der Waals surface area contributed by atoms with Crippen LogP contribution >= 0.6 is 15.9 Å². The van der Waals surface area contributed by atoms with Crippen LogP contribution in [0.1, 0.15) is 11.1 Å². The molecule has 1 heterocycles. The SMILES string of the molecule is COc1ccc(CN2c3ccc(Br)c(F)c3CCS2(=O)=O)cc1. The van der Waals surface area contributed by atoms with E-state index in [9.17, 15) is 12.8 Å². The third kappa shape index (κ3) is 3.07. The maximum absolute atomic E-state index is 14.3. The molecular weight excluding hydrogens is 385 g/mol. The molecule has 0 aromatic heterocycles. The van der Waals surface area contributed by atoms with E-state index in [0.717, 1.165) is 5.56 Å².